The van der Waals surface area contributed by atoms with E-state index >= 15 is 0 Å². The first-order chi connectivity index (χ1) is 10.8. The second-order valence-electron chi connectivity index (χ2n) is 6.13. The molecule has 1 aromatic rings. The van der Waals surface area contributed by atoms with Gasteiger partial charge < -0.3 is 15.1 Å². The number of rotatable bonds is 6. The van der Waals surface area contributed by atoms with Gasteiger partial charge in [0.25, 0.3) is 5.91 Å². The van der Waals surface area contributed by atoms with Gasteiger partial charge in [0.15, 0.2) is 9.84 Å². The van der Waals surface area contributed by atoms with E-state index in [1.54, 1.807) is 18.3 Å². The number of aromatic nitrogens is 1. The molecule has 1 saturated heterocycles. The van der Waals surface area contributed by atoms with Crippen molar-refractivity contribution >= 4 is 21.4 Å². The fourth-order valence-corrected chi connectivity index (χ4v) is 4.31. The average molecular weight is 340 g/mol. The highest BCUT2D eigenvalue weighted by molar-refractivity contribution is 7.91. The standard InChI is InChI=1S/C15H24N4O3S/c1-18(2)8-7-17-15(20)14-10-12(4-6-16-14)19(3)13-5-9-23(21,22)11-13/h4,6,10,13H,5,7-9,11H2,1-3H3,(H,17,20). The molecule has 1 aliphatic rings. The van der Waals surface area contributed by atoms with E-state index in [2.05, 4.69) is 10.3 Å². The molecule has 7 nitrogen and oxygen atoms in total. The van der Waals surface area contributed by atoms with Gasteiger partial charge in [-0.15, -0.1) is 0 Å². The number of nitrogens with one attached hydrogen (secondary N) is 1. The molecule has 8 heteroatoms. The largest absolute Gasteiger partial charge is 0.370 e. The predicted molar refractivity (Wildman–Crippen MR) is 90.6 cm³/mol. The lowest BCUT2D eigenvalue weighted by atomic mass is 10.2. The number of nitrogens with zero attached hydrogens (tertiary/aromatic N) is 3. The van der Waals surface area contributed by atoms with E-state index in [4.69, 9.17) is 0 Å². The van der Waals surface area contributed by atoms with Crippen molar-refractivity contribution in [3.63, 3.8) is 0 Å². The van der Waals surface area contributed by atoms with Crippen LogP contribution in [0.2, 0.25) is 0 Å². The highest BCUT2D eigenvalue weighted by Crippen LogP contribution is 2.23. The van der Waals surface area contributed by atoms with Crippen LogP contribution in [0.5, 0.6) is 0 Å². The summed E-state index contributed by atoms with van der Waals surface area (Å²) in [5.41, 5.74) is 1.15. The van der Waals surface area contributed by atoms with E-state index in [1.165, 1.54) is 0 Å². The number of pyridine rings is 1. The Kier molecular flexibility index (Phi) is 5.59. The molecule has 0 aromatic carbocycles. The molecular formula is C15H24N4O3S. The summed E-state index contributed by atoms with van der Waals surface area (Å²) in [5.74, 6) is 0.169. The molecule has 1 aliphatic heterocycles. The lowest BCUT2D eigenvalue weighted by molar-refractivity contribution is 0.0946. The molecule has 2 rings (SSSR count). The van der Waals surface area contributed by atoms with E-state index < -0.39 is 9.84 Å². The van der Waals surface area contributed by atoms with Crippen molar-refractivity contribution in [2.45, 2.75) is 12.5 Å². The Bertz CT molecular complexity index is 660. The lowest BCUT2D eigenvalue weighted by Crippen LogP contribution is -2.34. The van der Waals surface area contributed by atoms with Gasteiger partial charge in [-0.25, -0.2) is 8.42 Å². The molecule has 1 unspecified atom stereocenters. The minimum Gasteiger partial charge on any atom is -0.370 e. The average Bonchev–Trinajstić information content (AvgIpc) is 2.86. The van der Waals surface area contributed by atoms with Crippen LogP contribution in [0.1, 0.15) is 16.9 Å². The Morgan fingerprint density at radius 2 is 2.13 bits per heavy atom. The van der Waals surface area contributed by atoms with Crippen molar-refractivity contribution in [1.29, 1.82) is 0 Å². The Hall–Kier alpha value is -1.67. The number of likely N-dealkylation sites (N-methyl/N-ethyl adjacent to an activating group) is 1. The maximum Gasteiger partial charge on any atom is 0.269 e. The summed E-state index contributed by atoms with van der Waals surface area (Å²) in [5, 5.41) is 2.82. The van der Waals surface area contributed by atoms with E-state index in [0.29, 0.717) is 18.7 Å². The van der Waals surface area contributed by atoms with E-state index in [-0.39, 0.29) is 23.5 Å². The third-order valence-corrected chi connectivity index (χ3v) is 5.73. The topological polar surface area (TPSA) is 82.6 Å². The van der Waals surface area contributed by atoms with Gasteiger partial charge in [-0.3, -0.25) is 9.78 Å². The molecule has 1 atom stereocenters. The maximum atomic E-state index is 12.1. The summed E-state index contributed by atoms with van der Waals surface area (Å²) in [7, 11) is 2.80. The predicted octanol–water partition coefficient (Wildman–Crippen LogP) is -0.00370. The molecule has 1 aromatic heterocycles. The molecule has 0 radical (unpaired) electrons. The van der Waals surface area contributed by atoms with E-state index in [9.17, 15) is 13.2 Å². The normalized spacial score (nSPS) is 19.7. The van der Waals surface area contributed by atoms with Gasteiger partial charge in [0.1, 0.15) is 5.69 Å². The summed E-state index contributed by atoms with van der Waals surface area (Å²) in [6.45, 7) is 1.31. The first kappa shape index (κ1) is 17.7. The second-order valence-corrected chi connectivity index (χ2v) is 8.35. The Balaban J connectivity index is 2.03. The lowest BCUT2D eigenvalue weighted by Gasteiger charge is -2.25. The Labute approximate surface area is 137 Å². The van der Waals surface area contributed by atoms with Crippen LogP contribution in [0, 0.1) is 0 Å². The zero-order valence-corrected chi connectivity index (χ0v) is 14.6. The van der Waals surface area contributed by atoms with E-state index in [1.807, 2.05) is 30.9 Å². The third-order valence-electron chi connectivity index (χ3n) is 3.98. The summed E-state index contributed by atoms with van der Waals surface area (Å²) in [4.78, 5) is 20.1. The van der Waals surface area contributed by atoms with Crippen LogP contribution < -0.4 is 10.2 Å². The SMILES string of the molecule is CN(C)CCNC(=O)c1cc(N(C)C2CCS(=O)(=O)C2)ccn1. The van der Waals surface area contributed by atoms with Gasteiger partial charge in [-0.05, 0) is 32.6 Å². The smallest absolute Gasteiger partial charge is 0.269 e. The number of hydrogen-bond donors (Lipinski definition) is 1. The van der Waals surface area contributed by atoms with Crippen LogP contribution in [-0.4, -0.2) is 76.0 Å². The van der Waals surface area contributed by atoms with Crippen LogP contribution in [-0.2, 0) is 9.84 Å². The fraction of sp³-hybridized carbons (Fsp3) is 0.600. The summed E-state index contributed by atoms with van der Waals surface area (Å²) >= 11 is 0. The van der Waals surface area contributed by atoms with Crippen molar-refractivity contribution in [3.8, 4) is 0 Å². The highest BCUT2D eigenvalue weighted by Gasteiger charge is 2.31. The summed E-state index contributed by atoms with van der Waals surface area (Å²) in [6.07, 6.45) is 2.20. The van der Waals surface area contributed by atoms with Crippen molar-refractivity contribution in [3.05, 3.63) is 24.0 Å². The fourth-order valence-electron chi connectivity index (χ4n) is 2.54. The van der Waals surface area contributed by atoms with E-state index in [0.717, 1.165) is 12.2 Å². The van der Waals surface area contributed by atoms with Crippen molar-refractivity contribution < 1.29 is 13.2 Å². The van der Waals surface area contributed by atoms with Gasteiger partial charge in [0.2, 0.25) is 0 Å². The molecule has 128 valence electrons. The van der Waals surface area contributed by atoms with Crippen LogP contribution in [0.3, 0.4) is 0 Å². The number of hydrogen-bond acceptors (Lipinski definition) is 6. The maximum absolute atomic E-state index is 12.1. The van der Waals surface area contributed by atoms with Gasteiger partial charge in [-0.1, -0.05) is 0 Å². The van der Waals surface area contributed by atoms with Crippen LogP contribution in [0.15, 0.2) is 18.3 Å². The number of amides is 1. The highest BCUT2D eigenvalue weighted by atomic mass is 32.2. The minimum absolute atomic E-state index is 0.0490. The molecule has 1 amide bonds. The Morgan fingerprint density at radius 1 is 1.39 bits per heavy atom. The summed E-state index contributed by atoms with van der Waals surface area (Å²) < 4.78 is 23.2. The van der Waals surface area contributed by atoms with Gasteiger partial charge >= 0.3 is 0 Å². The zero-order chi connectivity index (χ0) is 17.0. The second kappa shape index (κ2) is 7.27. The molecule has 0 bridgehead atoms. The first-order valence-corrected chi connectivity index (χ1v) is 9.43. The molecule has 23 heavy (non-hydrogen) atoms. The molecule has 1 fully saturated rings. The van der Waals surface area contributed by atoms with Gasteiger partial charge in [0.05, 0.1) is 11.5 Å². The van der Waals surface area contributed by atoms with Crippen LogP contribution in [0.25, 0.3) is 0 Å². The first-order valence-electron chi connectivity index (χ1n) is 7.61. The number of carbonyl (C=O) groups is 1. The molecule has 0 saturated carbocycles. The van der Waals surface area contributed by atoms with Crippen molar-refractivity contribution in [2.75, 3.05) is 50.6 Å². The third kappa shape index (κ3) is 4.90. The molecule has 0 spiro atoms. The number of carbonyl (C=O) groups excluding carboxylic acids is 1. The molecule has 1 N–H and O–H groups in total. The quantitative estimate of drug-likeness (QED) is 0.785. The zero-order valence-electron chi connectivity index (χ0n) is 13.8. The minimum atomic E-state index is -2.94. The molecular weight excluding hydrogens is 316 g/mol. The van der Waals surface area contributed by atoms with Crippen molar-refractivity contribution in [2.24, 2.45) is 0 Å². The summed E-state index contributed by atoms with van der Waals surface area (Å²) in [6, 6.07) is 3.45. The van der Waals surface area contributed by atoms with Crippen molar-refractivity contribution in [1.82, 2.24) is 15.2 Å². The number of anilines is 1. The van der Waals surface area contributed by atoms with Crippen LogP contribution in [0.4, 0.5) is 5.69 Å². The van der Waals surface area contributed by atoms with Crippen LogP contribution >= 0.6 is 0 Å². The van der Waals surface area contributed by atoms with Gasteiger partial charge in [-0.2, -0.15) is 0 Å². The Morgan fingerprint density at radius 3 is 2.74 bits per heavy atom. The molecule has 0 aliphatic carbocycles. The molecule has 2 heterocycles. The monoisotopic (exact) mass is 340 g/mol. The number of sulfone groups is 1. The van der Waals surface area contributed by atoms with Gasteiger partial charge in [0, 0.05) is 38.1 Å².